The number of aliphatic hydroxyl groups excluding tert-OH is 1. The molecule has 184 valence electrons. The van der Waals surface area contributed by atoms with Crippen molar-refractivity contribution >= 4 is 11.9 Å². The first-order chi connectivity index (χ1) is 16.5. The summed E-state index contributed by atoms with van der Waals surface area (Å²) in [7, 11) is 1.25. The van der Waals surface area contributed by atoms with Gasteiger partial charge in [-0.25, -0.2) is 4.79 Å². The van der Waals surface area contributed by atoms with Crippen LogP contribution in [0.4, 0.5) is 0 Å². The summed E-state index contributed by atoms with van der Waals surface area (Å²) in [5.74, 6) is -0.985. The zero-order valence-corrected chi connectivity index (χ0v) is 19.3. The highest BCUT2D eigenvalue weighted by atomic mass is 16.7. The van der Waals surface area contributed by atoms with Crippen LogP contribution in [0, 0.1) is 0 Å². The Morgan fingerprint density at radius 2 is 1.56 bits per heavy atom. The second-order valence-electron chi connectivity index (χ2n) is 7.91. The SMILES string of the molecule is COC(=O)CO[C@@H]1[C@@H](NC(C)=O)[C@@H](O)O[C@H](COCc2ccccc2)[C@H]1OCc1ccccc1. The number of hydrogen-bond acceptors (Lipinski definition) is 8. The molecular weight excluding hydrogens is 442 g/mol. The monoisotopic (exact) mass is 473 g/mol. The van der Waals surface area contributed by atoms with E-state index in [1.807, 2.05) is 60.7 Å². The lowest BCUT2D eigenvalue weighted by molar-refractivity contribution is -0.276. The Morgan fingerprint density at radius 1 is 0.941 bits per heavy atom. The fourth-order valence-corrected chi connectivity index (χ4v) is 3.70. The van der Waals surface area contributed by atoms with Crippen LogP contribution in [0.2, 0.25) is 0 Å². The van der Waals surface area contributed by atoms with Gasteiger partial charge in [-0.2, -0.15) is 0 Å². The molecule has 0 bridgehead atoms. The summed E-state index contributed by atoms with van der Waals surface area (Å²) >= 11 is 0. The molecule has 1 heterocycles. The number of ether oxygens (including phenoxy) is 5. The normalized spacial score (nSPS) is 24.4. The van der Waals surface area contributed by atoms with E-state index in [1.165, 1.54) is 14.0 Å². The second kappa shape index (κ2) is 13.2. The molecule has 0 aliphatic carbocycles. The highest BCUT2D eigenvalue weighted by Crippen LogP contribution is 2.27. The van der Waals surface area contributed by atoms with Gasteiger partial charge < -0.3 is 34.1 Å². The van der Waals surface area contributed by atoms with Crippen LogP contribution in [0.3, 0.4) is 0 Å². The molecule has 2 N–H and O–H groups in total. The van der Waals surface area contributed by atoms with E-state index >= 15 is 0 Å². The molecule has 3 rings (SSSR count). The van der Waals surface area contributed by atoms with Crippen molar-refractivity contribution in [3.63, 3.8) is 0 Å². The summed E-state index contributed by atoms with van der Waals surface area (Å²) in [6.07, 6.45) is -3.79. The molecule has 1 fully saturated rings. The van der Waals surface area contributed by atoms with Crippen LogP contribution in [-0.2, 0) is 46.5 Å². The summed E-state index contributed by atoms with van der Waals surface area (Å²) in [5, 5.41) is 13.3. The lowest BCUT2D eigenvalue weighted by Crippen LogP contribution is -2.65. The Hall–Kier alpha value is -2.82. The molecule has 9 heteroatoms. The predicted octanol–water partition coefficient (Wildman–Crippen LogP) is 1.57. The van der Waals surface area contributed by atoms with E-state index in [9.17, 15) is 14.7 Å². The first kappa shape index (κ1) is 25.8. The van der Waals surface area contributed by atoms with Gasteiger partial charge in [0.15, 0.2) is 6.29 Å². The fourth-order valence-electron chi connectivity index (χ4n) is 3.70. The van der Waals surface area contributed by atoms with Gasteiger partial charge in [-0.3, -0.25) is 4.79 Å². The van der Waals surface area contributed by atoms with E-state index < -0.39 is 36.6 Å². The molecule has 0 saturated carbocycles. The molecule has 0 aromatic heterocycles. The summed E-state index contributed by atoms with van der Waals surface area (Å²) < 4.78 is 28.3. The maximum Gasteiger partial charge on any atom is 0.331 e. The van der Waals surface area contributed by atoms with Crippen LogP contribution in [-0.4, -0.2) is 68.0 Å². The van der Waals surface area contributed by atoms with Crippen LogP contribution < -0.4 is 5.32 Å². The first-order valence-corrected chi connectivity index (χ1v) is 11.0. The van der Waals surface area contributed by atoms with Crippen LogP contribution in [0.1, 0.15) is 18.1 Å². The number of benzene rings is 2. The average molecular weight is 474 g/mol. The van der Waals surface area contributed by atoms with Gasteiger partial charge in [-0.1, -0.05) is 60.7 Å². The van der Waals surface area contributed by atoms with E-state index in [-0.39, 0.29) is 25.7 Å². The predicted molar refractivity (Wildman–Crippen MR) is 121 cm³/mol. The molecule has 1 amide bonds. The van der Waals surface area contributed by atoms with Crippen LogP contribution >= 0.6 is 0 Å². The maximum absolute atomic E-state index is 11.8. The molecular formula is C25H31NO8. The largest absolute Gasteiger partial charge is 0.467 e. The smallest absolute Gasteiger partial charge is 0.331 e. The van der Waals surface area contributed by atoms with Gasteiger partial charge in [-0.05, 0) is 11.1 Å². The molecule has 2 aromatic carbocycles. The first-order valence-electron chi connectivity index (χ1n) is 11.0. The van der Waals surface area contributed by atoms with Crippen molar-refractivity contribution in [1.82, 2.24) is 5.32 Å². The van der Waals surface area contributed by atoms with E-state index in [4.69, 9.17) is 18.9 Å². The van der Waals surface area contributed by atoms with Gasteiger partial charge in [0.1, 0.15) is 31.0 Å². The Bertz CT molecular complexity index is 894. The highest BCUT2D eigenvalue weighted by molar-refractivity contribution is 5.73. The number of amides is 1. The molecule has 0 radical (unpaired) electrons. The molecule has 2 aromatic rings. The molecule has 1 aliphatic heterocycles. The van der Waals surface area contributed by atoms with E-state index in [0.29, 0.717) is 6.61 Å². The zero-order valence-electron chi connectivity index (χ0n) is 19.3. The number of carbonyl (C=O) groups is 2. The van der Waals surface area contributed by atoms with Crippen molar-refractivity contribution in [2.45, 2.75) is 50.8 Å². The number of rotatable bonds is 11. The topological polar surface area (TPSA) is 113 Å². The lowest BCUT2D eigenvalue weighted by atomic mass is 9.96. The third kappa shape index (κ3) is 7.61. The number of hydrogen-bond donors (Lipinski definition) is 2. The van der Waals surface area contributed by atoms with Crippen LogP contribution in [0.25, 0.3) is 0 Å². The summed E-state index contributed by atoms with van der Waals surface area (Å²) in [6, 6.07) is 18.2. The van der Waals surface area contributed by atoms with Gasteiger partial charge in [-0.15, -0.1) is 0 Å². The Morgan fingerprint density at radius 3 is 2.15 bits per heavy atom. The van der Waals surface area contributed by atoms with Crippen LogP contribution in [0.15, 0.2) is 60.7 Å². The fraction of sp³-hybridized carbons (Fsp3) is 0.440. The van der Waals surface area contributed by atoms with Crippen molar-refractivity contribution < 1.29 is 38.4 Å². The van der Waals surface area contributed by atoms with Gasteiger partial charge in [0.2, 0.25) is 5.91 Å². The minimum Gasteiger partial charge on any atom is -0.467 e. The molecule has 5 atom stereocenters. The second-order valence-corrected chi connectivity index (χ2v) is 7.91. The Balaban J connectivity index is 1.78. The van der Waals surface area contributed by atoms with Crippen molar-refractivity contribution in [2.24, 2.45) is 0 Å². The molecule has 0 unspecified atom stereocenters. The summed E-state index contributed by atoms with van der Waals surface area (Å²) in [4.78, 5) is 23.6. The van der Waals surface area contributed by atoms with Crippen molar-refractivity contribution in [3.05, 3.63) is 71.8 Å². The molecule has 0 spiro atoms. The van der Waals surface area contributed by atoms with Crippen molar-refractivity contribution in [2.75, 3.05) is 20.3 Å². The molecule has 1 saturated heterocycles. The highest BCUT2D eigenvalue weighted by Gasteiger charge is 2.47. The summed E-state index contributed by atoms with van der Waals surface area (Å²) in [6.45, 7) is 1.60. The molecule has 9 nitrogen and oxygen atoms in total. The quantitative estimate of drug-likeness (QED) is 0.473. The van der Waals surface area contributed by atoms with E-state index in [0.717, 1.165) is 11.1 Å². The Labute approximate surface area is 198 Å². The minimum atomic E-state index is -1.39. The van der Waals surface area contributed by atoms with Gasteiger partial charge in [0.05, 0.1) is 26.9 Å². The molecule has 34 heavy (non-hydrogen) atoms. The van der Waals surface area contributed by atoms with Gasteiger partial charge in [0, 0.05) is 6.92 Å². The number of methoxy groups -OCH3 is 1. The van der Waals surface area contributed by atoms with Crippen molar-refractivity contribution in [1.29, 1.82) is 0 Å². The van der Waals surface area contributed by atoms with E-state index in [1.54, 1.807) is 0 Å². The number of esters is 1. The zero-order chi connectivity index (χ0) is 24.3. The van der Waals surface area contributed by atoms with Crippen molar-refractivity contribution in [3.8, 4) is 0 Å². The van der Waals surface area contributed by atoms with Crippen LogP contribution in [0.5, 0.6) is 0 Å². The minimum absolute atomic E-state index is 0.0935. The number of nitrogens with one attached hydrogen (secondary N) is 1. The average Bonchev–Trinajstić information content (AvgIpc) is 2.84. The third-order valence-corrected chi connectivity index (χ3v) is 5.34. The molecule has 1 aliphatic rings. The lowest BCUT2D eigenvalue weighted by Gasteiger charge is -2.44. The summed E-state index contributed by atoms with van der Waals surface area (Å²) in [5.41, 5.74) is 1.90. The van der Waals surface area contributed by atoms with Gasteiger partial charge in [0.25, 0.3) is 0 Å². The number of aliphatic hydroxyl groups is 1. The maximum atomic E-state index is 11.8. The van der Waals surface area contributed by atoms with E-state index in [2.05, 4.69) is 10.1 Å². The number of carbonyl (C=O) groups excluding carboxylic acids is 2. The third-order valence-electron chi connectivity index (χ3n) is 5.34. The van der Waals surface area contributed by atoms with Gasteiger partial charge >= 0.3 is 5.97 Å². The standard InChI is InChI=1S/C25H31NO8/c1-17(27)26-22-24(33-16-21(28)30-2)23(32-14-19-11-7-4-8-12-19)20(34-25(22)29)15-31-13-18-9-5-3-6-10-18/h3-12,20,22-25,29H,13-16H2,1-2H3,(H,26,27)/t20-,22-,23-,24-,25+/m1/s1. The Kier molecular flexibility index (Phi) is 9.99.